The summed E-state index contributed by atoms with van der Waals surface area (Å²) in [7, 11) is 3.43. The largest absolute Gasteiger partial charge is 0.357 e. The summed E-state index contributed by atoms with van der Waals surface area (Å²) in [6, 6.07) is 3.49. The average Bonchev–Trinajstić information content (AvgIpc) is 3.06. The number of nitrogens with zero attached hydrogens (tertiary/aromatic N) is 5. The van der Waals surface area contributed by atoms with E-state index < -0.39 is 5.54 Å². The molecule has 0 aliphatic carbocycles. The highest BCUT2D eigenvalue weighted by atomic mass is 16.2. The number of likely N-dealkylation sites (N-methyl/N-ethyl adjacent to an activating group) is 1. The van der Waals surface area contributed by atoms with Crippen molar-refractivity contribution in [3.05, 3.63) is 36.5 Å². The number of rotatable bonds is 4. The van der Waals surface area contributed by atoms with Crippen LogP contribution >= 0.6 is 0 Å². The van der Waals surface area contributed by atoms with E-state index in [9.17, 15) is 9.59 Å². The lowest BCUT2D eigenvalue weighted by Crippen LogP contribution is -2.58. The van der Waals surface area contributed by atoms with Crippen molar-refractivity contribution >= 4 is 17.6 Å². The zero-order chi connectivity index (χ0) is 17.9. The molecule has 1 aliphatic rings. The number of aromatic nitrogens is 4. The average molecular weight is 343 g/mol. The molecule has 1 saturated heterocycles. The van der Waals surface area contributed by atoms with E-state index in [0.717, 1.165) is 5.82 Å². The molecule has 0 bridgehead atoms. The molecule has 0 radical (unpaired) electrons. The number of hydrogen-bond acceptors (Lipinski definition) is 6. The Balaban J connectivity index is 1.75. The number of amides is 2. The molecule has 0 spiro atoms. The Morgan fingerprint density at radius 3 is 2.40 bits per heavy atom. The van der Waals surface area contributed by atoms with Crippen LogP contribution in [0.3, 0.4) is 0 Å². The van der Waals surface area contributed by atoms with Crippen molar-refractivity contribution in [1.29, 1.82) is 0 Å². The second-order valence-electron chi connectivity index (χ2n) is 5.99. The van der Waals surface area contributed by atoms with Gasteiger partial charge in [-0.25, -0.2) is 9.97 Å². The molecule has 132 valence electrons. The smallest absolute Gasteiger partial charge is 0.291 e. The van der Waals surface area contributed by atoms with E-state index in [1.165, 1.54) is 0 Å². The van der Waals surface area contributed by atoms with Crippen molar-refractivity contribution in [2.24, 2.45) is 7.05 Å². The lowest BCUT2D eigenvalue weighted by atomic mass is 9.86. The molecule has 9 nitrogen and oxygen atoms in total. The number of nitrogens with one attached hydrogen (secondary N) is 2. The molecule has 1 fully saturated rings. The van der Waals surface area contributed by atoms with E-state index in [0.29, 0.717) is 25.9 Å². The molecule has 2 N–H and O–H groups in total. The summed E-state index contributed by atoms with van der Waals surface area (Å²) in [6.45, 7) is 0.880. The summed E-state index contributed by atoms with van der Waals surface area (Å²) in [6.07, 6.45) is 5.73. The first-order valence-electron chi connectivity index (χ1n) is 8.10. The van der Waals surface area contributed by atoms with Crippen LogP contribution in [0.25, 0.3) is 0 Å². The van der Waals surface area contributed by atoms with Crippen molar-refractivity contribution in [2.45, 2.75) is 18.4 Å². The zero-order valence-corrected chi connectivity index (χ0v) is 14.3. The maximum absolute atomic E-state index is 12.5. The Morgan fingerprint density at radius 1 is 1.16 bits per heavy atom. The van der Waals surface area contributed by atoms with Crippen LogP contribution in [0.2, 0.25) is 0 Å². The first kappa shape index (κ1) is 16.9. The minimum Gasteiger partial charge on any atom is -0.357 e. The third-order valence-electron chi connectivity index (χ3n) is 4.51. The van der Waals surface area contributed by atoms with Gasteiger partial charge in [0, 0.05) is 45.6 Å². The van der Waals surface area contributed by atoms with Crippen LogP contribution in [0.1, 0.15) is 23.5 Å². The number of piperidine rings is 1. The summed E-state index contributed by atoms with van der Waals surface area (Å²) in [5.41, 5.74) is -0.781. The number of carbonyl (C=O) groups excluding carboxylic acids is 2. The Kier molecular flexibility index (Phi) is 4.64. The predicted octanol–water partition coefficient (Wildman–Crippen LogP) is 0.0430. The van der Waals surface area contributed by atoms with Crippen LogP contribution in [0.5, 0.6) is 0 Å². The van der Waals surface area contributed by atoms with Crippen LogP contribution in [0, 0.1) is 0 Å². The predicted molar refractivity (Wildman–Crippen MR) is 90.8 cm³/mol. The summed E-state index contributed by atoms with van der Waals surface area (Å²) in [5, 5.41) is 10.2. The molecule has 2 amide bonds. The molecule has 3 rings (SSSR count). The van der Waals surface area contributed by atoms with E-state index >= 15 is 0 Å². The van der Waals surface area contributed by atoms with E-state index in [-0.39, 0.29) is 17.6 Å². The fraction of sp³-hybridized carbons (Fsp3) is 0.438. The Labute approximate surface area is 145 Å². The zero-order valence-electron chi connectivity index (χ0n) is 14.3. The maximum atomic E-state index is 12.5. The van der Waals surface area contributed by atoms with Crippen LogP contribution in [0.15, 0.2) is 30.7 Å². The number of aryl methyl sites for hydroxylation is 1. The topological polar surface area (TPSA) is 105 Å². The fourth-order valence-corrected chi connectivity index (χ4v) is 3.03. The Bertz CT molecular complexity index is 751. The van der Waals surface area contributed by atoms with Crippen molar-refractivity contribution in [3.63, 3.8) is 0 Å². The standard InChI is InChI=1S/C16H21N7O2/c1-17-15(25)16(21-12-4-9-20-22(12)2)5-10-23(11-6-16)14(24)13-18-7-3-8-19-13/h3-4,7-9,21H,5-6,10-11H2,1-2H3,(H,17,25). The number of carbonyl (C=O) groups is 2. The number of likely N-dealkylation sites (tertiary alicyclic amines) is 1. The molecule has 3 heterocycles. The third kappa shape index (κ3) is 3.30. The summed E-state index contributed by atoms with van der Waals surface area (Å²) < 4.78 is 1.68. The van der Waals surface area contributed by atoms with Crippen molar-refractivity contribution in [3.8, 4) is 0 Å². The monoisotopic (exact) mass is 343 g/mol. The van der Waals surface area contributed by atoms with Gasteiger partial charge in [0.1, 0.15) is 11.4 Å². The second kappa shape index (κ2) is 6.88. The number of anilines is 1. The second-order valence-corrected chi connectivity index (χ2v) is 5.99. The first-order valence-corrected chi connectivity index (χ1v) is 8.10. The van der Waals surface area contributed by atoms with Crippen LogP contribution in [0.4, 0.5) is 5.82 Å². The molecule has 25 heavy (non-hydrogen) atoms. The lowest BCUT2D eigenvalue weighted by molar-refractivity contribution is -0.126. The summed E-state index contributed by atoms with van der Waals surface area (Å²) >= 11 is 0. The van der Waals surface area contributed by atoms with Gasteiger partial charge in [-0.2, -0.15) is 5.10 Å². The van der Waals surface area contributed by atoms with Crippen molar-refractivity contribution in [2.75, 3.05) is 25.5 Å². The minimum absolute atomic E-state index is 0.100. The lowest BCUT2D eigenvalue weighted by Gasteiger charge is -2.41. The van der Waals surface area contributed by atoms with E-state index in [4.69, 9.17) is 0 Å². The molecule has 1 aliphatic heterocycles. The molecule has 0 aromatic carbocycles. The van der Waals surface area contributed by atoms with Crippen LogP contribution in [-0.2, 0) is 11.8 Å². The van der Waals surface area contributed by atoms with Gasteiger partial charge in [-0.15, -0.1) is 0 Å². The van der Waals surface area contributed by atoms with Gasteiger partial charge < -0.3 is 15.5 Å². The summed E-state index contributed by atoms with van der Waals surface area (Å²) in [4.78, 5) is 34.7. The molecule has 9 heteroatoms. The highest BCUT2D eigenvalue weighted by molar-refractivity contribution is 5.92. The molecular formula is C16H21N7O2. The van der Waals surface area contributed by atoms with Gasteiger partial charge in [0.05, 0.1) is 6.20 Å². The fourth-order valence-electron chi connectivity index (χ4n) is 3.03. The van der Waals surface area contributed by atoms with Crippen LogP contribution < -0.4 is 10.6 Å². The highest BCUT2D eigenvalue weighted by Crippen LogP contribution is 2.27. The van der Waals surface area contributed by atoms with Gasteiger partial charge in [-0.05, 0) is 18.9 Å². The number of hydrogen-bond donors (Lipinski definition) is 2. The molecule has 0 atom stereocenters. The molecular weight excluding hydrogens is 322 g/mol. The van der Waals surface area contributed by atoms with E-state index in [1.807, 2.05) is 13.1 Å². The van der Waals surface area contributed by atoms with Gasteiger partial charge in [-0.1, -0.05) is 0 Å². The summed E-state index contributed by atoms with van der Waals surface area (Å²) in [5.74, 6) is 0.618. The van der Waals surface area contributed by atoms with Gasteiger partial charge in [0.2, 0.25) is 11.7 Å². The van der Waals surface area contributed by atoms with Crippen molar-refractivity contribution < 1.29 is 9.59 Å². The normalized spacial score (nSPS) is 16.3. The minimum atomic E-state index is -0.781. The highest BCUT2D eigenvalue weighted by Gasteiger charge is 2.42. The molecule has 0 unspecified atom stereocenters. The Morgan fingerprint density at radius 2 is 1.84 bits per heavy atom. The van der Waals surface area contributed by atoms with Gasteiger partial charge in [-0.3, -0.25) is 14.3 Å². The SMILES string of the molecule is CNC(=O)C1(Nc2ccnn2C)CCN(C(=O)c2ncccn2)CC1. The van der Waals surface area contributed by atoms with E-state index in [1.54, 1.807) is 41.3 Å². The molecule has 2 aromatic rings. The van der Waals surface area contributed by atoms with E-state index in [2.05, 4.69) is 25.7 Å². The van der Waals surface area contributed by atoms with Crippen molar-refractivity contribution in [1.82, 2.24) is 30.0 Å². The van der Waals surface area contributed by atoms with Crippen LogP contribution in [-0.4, -0.2) is 62.1 Å². The Hall–Kier alpha value is -2.97. The quantitative estimate of drug-likeness (QED) is 0.812. The maximum Gasteiger partial charge on any atom is 0.291 e. The molecule has 0 saturated carbocycles. The van der Waals surface area contributed by atoms with Gasteiger partial charge >= 0.3 is 0 Å². The molecule has 2 aromatic heterocycles. The van der Waals surface area contributed by atoms with Gasteiger partial charge in [0.15, 0.2) is 0 Å². The van der Waals surface area contributed by atoms with Gasteiger partial charge in [0.25, 0.3) is 5.91 Å². The first-order chi connectivity index (χ1) is 12.1. The third-order valence-corrected chi connectivity index (χ3v) is 4.51.